The number of halogens is 1. The first kappa shape index (κ1) is 22.2. The summed E-state index contributed by atoms with van der Waals surface area (Å²) in [7, 11) is 1.12. The summed E-state index contributed by atoms with van der Waals surface area (Å²) in [4.78, 5) is 67.4. The van der Waals surface area contributed by atoms with Crippen molar-refractivity contribution in [1.82, 2.24) is 4.98 Å². The first-order chi connectivity index (χ1) is 17.1. The van der Waals surface area contributed by atoms with E-state index in [1.54, 1.807) is 6.07 Å². The number of pyridine rings is 1. The highest BCUT2D eigenvalue weighted by atomic mass is 79.9. The predicted molar refractivity (Wildman–Crippen MR) is 131 cm³/mol. The van der Waals surface area contributed by atoms with Gasteiger partial charge in [0.25, 0.3) is 5.56 Å². The number of H-pyrrole nitrogens is 1. The molecule has 180 valence electrons. The molecule has 0 saturated heterocycles. The van der Waals surface area contributed by atoms with E-state index in [0.717, 1.165) is 13.2 Å². The van der Waals surface area contributed by atoms with Crippen molar-refractivity contribution in [2.45, 2.75) is 18.3 Å². The largest absolute Gasteiger partial charge is 0.510 e. The summed E-state index contributed by atoms with van der Waals surface area (Å²) in [6, 6.07) is 2.36. The number of nitrogens with one attached hydrogen (secondary N) is 1. The molecule has 2 aromatic rings. The van der Waals surface area contributed by atoms with Crippen molar-refractivity contribution in [2.75, 3.05) is 7.11 Å². The number of benzene rings is 1. The van der Waals surface area contributed by atoms with E-state index in [2.05, 4.69) is 20.9 Å². The molecule has 4 N–H and O–H groups in total. The molecule has 1 spiro atoms. The summed E-state index contributed by atoms with van der Waals surface area (Å²) in [6.45, 7) is 0. The number of phenols is 1. The van der Waals surface area contributed by atoms with Crippen LogP contribution < -0.4 is 42.4 Å². The number of ether oxygens (including phenoxy) is 1. The van der Waals surface area contributed by atoms with E-state index in [1.807, 2.05) is 0 Å². The Morgan fingerprint density at radius 3 is 2.22 bits per heavy atom. The van der Waals surface area contributed by atoms with Gasteiger partial charge in [0.2, 0.25) is 16.3 Å². The van der Waals surface area contributed by atoms with Gasteiger partial charge in [0.05, 0.1) is 33.4 Å². The Labute approximate surface area is 206 Å². The molecule has 10 nitrogen and oxygen atoms in total. The van der Waals surface area contributed by atoms with E-state index in [1.165, 1.54) is 6.20 Å². The third kappa shape index (κ3) is 2.28. The van der Waals surface area contributed by atoms with Crippen molar-refractivity contribution < 1.29 is 20.1 Å². The molecule has 11 heteroatoms. The lowest BCUT2D eigenvalue weighted by Gasteiger charge is -2.27. The summed E-state index contributed by atoms with van der Waals surface area (Å²) in [5, 5.41) is 31.6. The van der Waals surface area contributed by atoms with Gasteiger partial charge in [0.1, 0.15) is 22.7 Å². The maximum Gasteiger partial charge on any atom is 0.259 e. The van der Waals surface area contributed by atoms with Crippen molar-refractivity contribution >= 4 is 38.2 Å². The number of phenolic OH excluding ortho intramolecular Hbond substituents is 1. The van der Waals surface area contributed by atoms with E-state index < -0.39 is 76.6 Å². The minimum Gasteiger partial charge on any atom is -0.510 e. The molecular weight excluding hydrogens is 538 g/mol. The molecule has 1 atom stereocenters. The second kappa shape index (κ2) is 6.91. The fraction of sp³-hybridized carbons (Fsp3) is 0.160. The fourth-order valence-corrected chi connectivity index (χ4v) is 6.45. The zero-order valence-electron chi connectivity index (χ0n) is 18.3. The third-order valence-electron chi connectivity index (χ3n) is 7.28. The zero-order valence-corrected chi connectivity index (χ0v) is 19.9. The average molecular weight is 552 g/mol. The molecule has 6 rings (SSSR count). The highest BCUT2D eigenvalue weighted by molar-refractivity contribution is 9.10. The summed E-state index contributed by atoms with van der Waals surface area (Å²) >= 11 is 3.44. The SMILES string of the molecule is COc1cc(=O)c2c(=O)c3c(c(=O)c=2c1=O)=C(O)[C@]1(CCc2c1c(O)c1c(=O)[nH]ccc1c2Br)C=3O. The number of aliphatic hydroxyl groups excluding tert-OH is 2. The van der Waals surface area contributed by atoms with Crippen LogP contribution in [-0.4, -0.2) is 27.4 Å². The number of aliphatic hydroxyl groups is 2. The Kier molecular flexibility index (Phi) is 4.27. The van der Waals surface area contributed by atoms with Crippen LogP contribution in [0.4, 0.5) is 0 Å². The van der Waals surface area contributed by atoms with Crippen LogP contribution in [0.5, 0.6) is 11.5 Å². The number of methoxy groups -OCH3 is 1. The number of rotatable bonds is 1. The highest BCUT2D eigenvalue weighted by Crippen LogP contribution is 2.56. The predicted octanol–water partition coefficient (Wildman–Crippen LogP) is -0.724. The highest BCUT2D eigenvalue weighted by Gasteiger charge is 2.53. The minimum atomic E-state index is -1.94. The zero-order chi connectivity index (χ0) is 25.8. The number of fused-ring (bicyclic) bond motifs is 4. The molecule has 4 aliphatic rings. The summed E-state index contributed by atoms with van der Waals surface area (Å²) in [5.41, 5.74) is -6.33. The summed E-state index contributed by atoms with van der Waals surface area (Å²) < 4.78 is 5.31. The van der Waals surface area contributed by atoms with Gasteiger partial charge >= 0.3 is 0 Å². The fourth-order valence-electron chi connectivity index (χ4n) is 5.72. The molecular formula is C25H14BrNO9. The van der Waals surface area contributed by atoms with Crippen molar-refractivity contribution in [3.05, 3.63) is 106 Å². The molecule has 1 heterocycles. The number of aromatic nitrogens is 1. The number of hydrogen-bond acceptors (Lipinski definition) is 9. The molecule has 1 aromatic heterocycles. The van der Waals surface area contributed by atoms with Crippen molar-refractivity contribution in [2.24, 2.45) is 0 Å². The first-order valence-corrected chi connectivity index (χ1v) is 11.5. The summed E-state index contributed by atoms with van der Waals surface area (Å²) in [5.74, 6) is -2.47. The van der Waals surface area contributed by atoms with Crippen molar-refractivity contribution in [3.63, 3.8) is 0 Å². The molecule has 0 amide bonds. The van der Waals surface area contributed by atoms with E-state index in [9.17, 15) is 39.3 Å². The normalized spacial score (nSPS) is 18.4. The number of aromatic hydroxyl groups is 1. The van der Waals surface area contributed by atoms with Crippen molar-refractivity contribution in [3.8, 4) is 11.5 Å². The Balaban J connectivity index is 1.90. The van der Waals surface area contributed by atoms with Gasteiger partial charge in [-0.1, -0.05) is 0 Å². The van der Waals surface area contributed by atoms with Gasteiger partial charge in [-0.3, -0.25) is 24.0 Å². The van der Waals surface area contributed by atoms with Crippen molar-refractivity contribution in [1.29, 1.82) is 0 Å². The molecule has 0 aliphatic heterocycles. The van der Waals surface area contributed by atoms with Gasteiger partial charge in [-0.15, -0.1) is 0 Å². The standard InChI is InChI=1S/C25H14BrNO9/c1-36-10-6-9(28)12-13(18(10)29)20(31)15-14(19(12)30)22(33)25(23(15)34)4-2-8-16(25)21(32)11-7(17(8)26)3-5-27-24(11)35/h3,5-6,32-34H,2,4H2,1H3,(H,27,35)/t25-/m0/s1. The van der Waals surface area contributed by atoms with Gasteiger partial charge in [0.15, 0.2) is 11.2 Å². The molecule has 0 fully saturated rings. The Morgan fingerprint density at radius 2 is 1.58 bits per heavy atom. The monoisotopic (exact) mass is 551 g/mol. The quantitative estimate of drug-likeness (QED) is 0.238. The van der Waals surface area contributed by atoms with E-state index in [4.69, 9.17) is 4.74 Å². The molecule has 36 heavy (non-hydrogen) atoms. The van der Waals surface area contributed by atoms with Crippen LogP contribution in [0.3, 0.4) is 0 Å². The molecule has 4 aliphatic carbocycles. The van der Waals surface area contributed by atoms with Gasteiger partial charge in [-0.25, -0.2) is 0 Å². The lowest BCUT2D eigenvalue weighted by Crippen LogP contribution is -2.51. The molecule has 0 unspecified atom stereocenters. The third-order valence-corrected chi connectivity index (χ3v) is 8.19. The maximum atomic E-state index is 13.5. The number of aromatic amines is 1. The Hall–Kier alpha value is -4.25. The topological polar surface area (TPSA) is 171 Å². The lowest BCUT2D eigenvalue weighted by atomic mass is 9.78. The van der Waals surface area contributed by atoms with Crippen LogP contribution >= 0.6 is 15.9 Å². The van der Waals surface area contributed by atoms with Crippen LogP contribution in [-0.2, 0) is 11.8 Å². The van der Waals surface area contributed by atoms with E-state index in [0.29, 0.717) is 15.4 Å². The van der Waals surface area contributed by atoms with Crippen LogP contribution in [0.25, 0.3) is 22.3 Å². The van der Waals surface area contributed by atoms with Gasteiger partial charge in [-0.2, -0.15) is 0 Å². The molecule has 1 aromatic carbocycles. The van der Waals surface area contributed by atoms with Gasteiger partial charge in [-0.05, 0) is 40.4 Å². The molecule has 0 bridgehead atoms. The van der Waals surface area contributed by atoms with E-state index in [-0.39, 0.29) is 23.8 Å². The van der Waals surface area contributed by atoms with Crippen LogP contribution in [0, 0.1) is 10.4 Å². The lowest BCUT2D eigenvalue weighted by molar-refractivity contribution is 0.362. The Bertz CT molecular complexity index is 2190. The van der Waals surface area contributed by atoms with Gasteiger partial charge in [0, 0.05) is 27.7 Å². The average Bonchev–Trinajstić information content (AvgIpc) is 3.35. The second-order valence-corrected chi connectivity index (χ2v) is 9.57. The smallest absolute Gasteiger partial charge is 0.259 e. The Morgan fingerprint density at radius 1 is 0.944 bits per heavy atom. The van der Waals surface area contributed by atoms with Crippen LogP contribution in [0.2, 0.25) is 0 Å². The number of hydrogen-bond donors (Lipinski definition) is 4. The van der Waals surface area contributed by atoms with Gasteiger partial charge < -0.3 is 25.0 Å². The van der Waals surface area contributed by atoms with E-state index >= 15 is 0 Å². The molecule has 0 saturated carbocycles. The van der Waals surface area contributed by atoms with Crippen LogP contribution in [0.15, 0.2) is 46.8 Å². The molecule has 0 radical (unpaired) electrons. The summed E-state index contributed by atoms with van der Waals surface area (Å²) in [6.07, 6.45) is 1.52. The first-order valence-electron chi connectivity index (χ1n) is 10.7. The second-order valence-electron chi connectivity index (χ2n) is 8.78. The maximum absolute atomic E-state index is 13.5. The van der Waals surface area contributed by atoms with Crippen LogP contribution in [0.1, 0.15) is 17.5 Å². The minimum absolute atomic E-state index is 0.0464.